The number of hydrogen-bond donors (Lipinski definition) is 0. The van der Waals surface area contributed by atoms with Gasteiger partial charge >= 0.3 is 0 Å². The molecule has 0 unspecified atom stereocenters. The zero-order valence-corrected chi connectivity index (χ0v) is 43.0. The van der Waals surface area contributed by atoms with Crippen LogP contribution in [-0.4, -0.2) is 0 Å². The smallest absolute Gasteiger partial charge is 0.00105 e. The first-order valence-corrected chi connectivity index (χ1v) is 25.1. The molecule has 68 heavy (non-hydrogen) atoms. The largest absolute Gasteiger partial charge is 0.0619 e. The van der Waals surface area contributed by atoms with E-state index in [1.54, 1.807) is 0 Å². The highest BCUT2D eigenvalue weighted by atomic mass is 14.3. The van der Waals surface area contributed by atoms with Gasteiger partial charge in [-0.25, -0.2) is 0 Å². The lowest BCUT2D eigenvalue weighted by molar-refractivity contribution is 0.585. The van der Waals surface area contributed by atoms with E-state index >= 15 is 0 Å². The van der Waals surface area contributed by atoms with Crippen molar-refractivity contribution < 1.29 is 0 Å². The van der Waals surface area contributed by atoms with Gasteiger partial charge in [0, 0.05) is 0 Å². The fraction of sp³-hybridized carbons (Fsp3) is 0.294. The predicted octanol–water partition coefficient (Wildman–Crippen LogP) is 18.2. The highest BCUT2D eigenvalue weighted by molar-refractivity contribution is 5.81. The average Bonchev–Trinajstić information content (AvgIpc) is 4.08. The summed E-state index contributed by atoms with van der Waals surface area (Å²) >= 11 is 0. The molecule has 0 aromatic heterocycles. The molecule has 344 valence electrons. The second kappa shape index (κ2) is 18.0. The Balaban J connectivity index is 0.000000113. The van der Waals surface area contributed by atoms with Crippen molar-refractivity contribution in [3.05, 3.63) is 237 Å². The molecule has 0 spiro atoms. The van der Waals surface area contributed by atoms with Gasteiger partial charge in [-0.3, -0.25) is 0 Å². The van der Waals surface area contributed by atoms with Gasteiger partial charge in [-0.1, -0.05) is 253 Å². The van der Waals surface area contributed by atoms with Crippen LogP contribution < -0.4 is 0 Å². The van der Waals surface area contributed by atoms with Gasteiger partial charge in [0.25, 0.3) is 0 Å². The molecule has 0 heteroatoms. The summed E-state index contributed by atoms with van der Waals surface area (Å²) in [6.07, 6.45) is 4.37. The van der Waals surface area contributed by atoms with Crippen molar-refractivity contribution in [2.75, 3.05) is 0 Å². The molecule has 4 aliphatic rings. The van der Waals surface area contributed by atoms with Crippen LogP contribution >= 0.6 is 0 Å². The molecule has 12 rings (SSSR count). The Kier molecular flexibility index (Phi) is 12.4. The van der Waals surface area contributed by atoms with E-state index in [1.807, 2.05) is 0 Å². The minimum atomic E-state index is 0.211. The van der Waals surface area contributed by atoms with Crippen LogP contribution in [0.4, 0.5) is 0 Å². The number of hydrogen-bond acceptors (Lipinski definition) is 0. The van der Waals surface area contributed by atoms with E-state index in [0.29, 0.717) is 0 Å². The fourth-order valence-electron chi connectivity index (χ4n) is 10.9. The Bertz CT molecular complexity index is 3130. The van der Waals surface area contributed by atoms with Gasteiger partial charge in [-0.2, -0.15) is 0 Å². The first-order valence-electron chi connectivity index (χ1n) is 25.1. The van der Waals surface area contributed by atoms with Crippen LogP contribution in [-0.2, 0) is 47.3 Å². The van der Waals surface area contributed by atoms with Gasteiger partial charge in [-0.05, 0) is 159 Å². The molecule has 0 radical (unpaired) electrons. The van der Waals surface area contributed by atoms with Crippen molar-refractivity contribution in [3.8, 4) is 44.5 Å². The maximum Gasteiger partial charge on any atom is -0.00105 e. The Morgan fingerprint density at radius 2 is 0.632 bits per heavy atom. The van der Waals surface area contributed by atoms with Crippen molar-refractivity contribution in [1.29, 1.82) is 0 Å². The third-order valence-electron chi connectivity index (χ3n) is 14.6. The summed E-state index contributed by atoms with van der Waals surface area (Å²) in [5.74, 6) is 0. The molecule has 0 fully saturated rings. The summed E-state index contributed by atoms with van der Waals surface area (Å²) in [7, 11) is 0. The van der Waals surface area contributed by atoms with E-state index in [2.05, 4.69) is 253 Å². The topological polar surface area (TPSA) is 0 Å². The minimum absolute atomic E-state index is 0.211. The van der Waals surface area contributed by atoms with Gasteiger partial charge in [0.15, 0.2) is 0 Å². The molecule has 0 atom stereocenters. The molecule has 4 aliphatic carbocycles. The van der Waals surface area contributed by atoms with Crippen molar-refractivity contribution in [3.63, 3.8) is 0 Å². The molecule has 0 saturated carbocycles. The maximum absolute atomic E-state index is 2.38. The predicted molar refractivity (Wildman–Crippen MR) is 294 cm³/mol. The lowest BCUT2D eigenvalue weighted by Crippen LogP contribution is -2.13. The van der Waals surface area contributed by atoms with Crippen LogP contribution in [0.1, 0.15) is 150 Å². The van der Waals surface area contributed by atoms with Crippen molar-refractivity contribution in [2.24, 2.45) is 0 Å². The summed E-state index contributed by atoms with van der Waals surface area (Å²) in [6.45, 7) is 27.4. The molecular formula is C68H72. The van der Waals surface area contributed by atoms with Crippen LogP contribution in [0.2, 0.25) is 0 Å². The standard InChI is InChI=1S/4C17H18/c1-17(2,3)15-10-6-8-13-11-12-7-4-5-9-14(12)16(13)15;1-17(2,3)16-10-6-9-14-13-8-5-4-7-12(13)11-15(14)16;1-17(2,3)14-8-9-16-13(11-14)10-12-6-4-5-7-15(12)16;1-17(2,3)14-9-8-13-10-12-6-4-5-7-15(12)16(13)11-14/h2*4-10H,11H2,1-3H3;2*4-9,11H,10H2,1-3H3. The second-order valence-electron chi connectivity index (χ2n) is 23.8. The van der Waals surface area contributed by atoms with Gasteiger partial charge in [0.2, 0.25) is 0 Å². The van der Waals surface area contributed by atoms with Gasteiger partial charge in [-0.15, -0.1) is 0 Å². The first kappa shape index (κ1) is 46.9. The highest BCUT2D eigenvalue weighted by Gasteiger charge is 2.28. The van der Waals surface area contributed by atoms with E-state index in [0.717, 1.165) is 25.7 Å². The summed E-state index contributed by atoms with van der Waals surface area (Å²) in [5, 5.41) is 0. The van der Waals surface area contributed by atoms with Crippen LogP contribution in [0.15, 0.2) is 170 Å². The molecule has 8 aromatic carbocycles. The lowest BCUT2D eigenvalue weighted by atomic mass is 9.81. The van der Waals surface area contributed by atoms with Gasteiger partial charge in [0.05, 0.1) is 0 Å². The Hall–Kier alpha value is -6.24. The van der Waals surface area contributed by atoms with Crippen molar-refractivity contribution >= 4 is 0 Å². The Morgan fingerprint density at radius 1 is 0.250 bits per heavy atom. The highest BCUT2D eigenvalue weighted by Crippen LogP contribution is 2.44. The average molecular weight is 889 g/mol. The zero-order chi connectivity index (χ0) is 48.2. The second-order valence-corrected chi connectivity index (χ2v) is 23.8. The third kappa shape index (κ3) is 9.45. The molecule has 8 aromatic rings. The van der Waals surface area contributed by atoms with E-state index < -0.39 is 0 Å². The number of fused-ring (bicyclic) bond motifs is 12. The molecular weight excluding hydrogens is 817 g/mol. The SMILES string of the molecule is CC(C)(C)c1ccc2c(c1)-c1ccccc1C2.CC(C)(C)c1ccc2c(c1)Cc1ccccc1-2.CC(C)(C)c1cccc2c1-c1ccccc1C2.CC(C)(C)c1cccc2c1Cc1ccccc1-2. The first-order chi connectivity index (χ1) is 32.3. The Labute approximate surface area is 409 Å². The molecule has 0 aliphatic heterocycles. The number of rotatable bonds is 0. The normalized spacial score (nSPS) is 13.4. The Morgan fingerprint density at radius 3 is 1.22 bits per heavy atom. The molecule has 0 bridgehead atoms. The quantitative estimate of drug-likeness (QED) is 0.142. The third-order valence-corrected chi connectivity index (χ3v) is 14.6. The van der Waals surface area contributed by atoms with Crippen molar-refractivity contribution in [2.45, 2.75) is 130 Å². The van der Waals surface area contributed by atoms with E-state index in [1.165, 1.54) is 111 Å². The lowest BCUT2D eigenvalue weighted by Gasteiger charge is -2.23. The molecule has 0 nitrogen and oxygen atoms in total. The van der Waals surface area contributed by atoms with E-state index in [4.69, 9.17) is 0 Å². The van der Waals surface area contributed by atoms with Crippen LogP contribution in [0.3, 0.4) is 0 Å². The molecule has 0 heterocycles. The number of benzene rings is 8. The zero-order valence-electron chi connectivity index (χ0n) is 43.0. The van der Waals surface area contributed by atoms with Crippen LogP contribution in [0, 0.1) is 0 Å². The van der Waals surface area contributed by atoms with E-state index in [-0.39, 0.29) is 21.7 Å². The molecule has 0 N–H and O–H groups in total. The molecule has 0 saturated heterocycles. The van der Waals surface area contributed by atoms with Crippen LogP contribution in [0.5, 0.6) is 0 Å². The van der Waals surface area contributed by atoms with Crippen molar-refractivity contribution in [1.82, 2.24) is 0 Å². The molecule has 0 amide bonds. The summed E-state index contributed by atoms with van der Waals surface area (Å²) in [6, 6.07) is 62.5. The summed E-state index contributed by atoms with van der Waals surface area (Å²) < 4.78 is 0. The monoisotopic (exact) mass is 889 g/mol. The fourth-order valence-corrected chi connectivity index (χ4v) is 10.9. The van der Waals surface area contributed by atoms with Gasteiger partial charge in [0.1, 0.15) is 0 Å². The maximum atomic E-state index is 2.38. The van der Waals surface area contributed by atoms with Gasteiger partial charge < -0.3 is 0 Å². The summed E-state index contributed by atoms with van der Waals surface area (Å²) in [4.78, 5) is 0. The minimum Gasteiger partial charge on any atom is -0.0619 e. The van der Waals surface area contributed by atoms with E-state index in [9.17, 15) is 0 Å². The van der Waals surface area contributed by atoms with Crippen LogP contribution in [0.25, 0.3) is 44.5 Å². The summed E-state index contributed by atoms with van der Waals surface area (Å²) in [5.41, 5.74) is 30.1.